The van der Waals surface area contributed by atoms with Gasteiger partial charge in [0, 0.05) is 0 Å². The Bertz CT molecular complexity index is 500. The Morgan fingerprint density at radius 2 is 1.79 bits per heavy atom. The minimum atomic E-state index is -0.528. The maximum Gasteiger partial charge on any atom is 0.337 e. The standard InChI is InChI=1S/C17H26N2O5/c1-23-17(22)14-2-4-16(5-3-14)24-13-15(21)12-19-8-6-18(7-9-19)10-11-20/h2-5,15,20-21H,6-13H2,1H3/p+2/t15-/m1/s1. The van der Waals surface area contributed by atoms with E-state index in [1.54, 1.807) is 24.3 Å². The summed E-state index contributed by atoms with van der Waals surface area (Å²) in [6, 6.07) is 6.68. The fraction of sp³-hybridized carbons (Fsp3) is 0.588. The van der Waals surface area contributed by atoms with Gasteiger partial charge in [0.2, 0.25) is 0 Å². The van der Waals surface area contributed by atoms with Crippen molar-refractivity contribution in [2.24, 2.45) is 0 Å². The van der Waals surface area contributed by atoms with Gasteiger partial charge >= 0.3 is 5.97 Å². The van der Waals surface area contributed by atoms with Gasteiger partial charge in [0.15, 0.2) is 0 Å². The Labute approximate surface area is 142 Å². The summed E-state index contributed by atoms with van der Waals surface area (Å²) < 4.78 is 10.2. The third-order valence-corrected chi connectivity index (χ3v) is 4.37. The van der Waals surface area contributed by atoms with Crippen molar-refractivity contribution in [3.8, 4) is 5.75 Å². The van der Waals surface area contributed by atoms with Crippen molar-refractivity contribution >= 4 is 5.97 Å². The van der Waals surface area contributed by atoms with Crippen molar-refractivity contribution in [3.63, 3.8) is 0 Å². The Hall–Kier alpha value is -1.67. The van der Waals surface area contributed by atoms with E-state index in [4.69, 9.17) is 9.84 Å². The van der Waals surface area contributed by atoms with E-state index in [1.807, 2.05) is 0 Å². The second kappa shape index (κ2) is 9.58. The third kappa shape index (κ3) is 5.76. The molecule has 0 bridgehead atoms. The first-order chi connectivity index (χ1) is 11.6. The summed E-state index contributed by atoms with van der Waals surface area (Å²) in [6.45, 7) is 5.98. The molecule has 0 amide bonds. The second-order valence-corrected chi connectivity index (χ2v) is 6.16. The van der Waals surface area contributed by atoms with Crippen LogP contribution >= 0.6 is 0 Å². The fourth-order valence-corrected chi connectivity index (χ4v) is 2.96. The summed E-state index contributed by atoms with van der Waals surface area (Å²) in [5.41, 5.74) is 0.470. The van der Waals surface area contributed by atoms with Crippen LogP contribution in [0.25, 0.3) is 0 Å². The molecule has 1 aliphatic heterocycles. The van der Waals surface area contributed by atoms with Crippen molar-refractivity contribution in [1.29, 1.82) is 0 Å². The monoisotopic (exact) mass is 340 g/mol. The summed E-state index contributed by atoms with van der Waals surface area (Å²) in [5.74, 6) is 0.238. The largest absolute Gasteiger partial charge is 0.491 e. The van der Waals surface area contributed by atoms with Crippen molar-refractivity contribution in [2.45, 2.75) is 6.10 Å². The highest BCUT2D eigenvalue weighted by Crippen LogP contribution is 2.12. The molecule has 1 atom stereocenters. The smallest absolute Gasteiger partial charge is 0.337 e. The van der Waals surface area contributed by atoms with Crippen LogP contribution in [0.1, 0.15) is 10.4 Å². The number of quaternary nitrogens is 2. The first-order valence-electron chi connectivity index (χ1n) is 8.39. The van der Waals surface area contributed by atoms with Gasteiger partial charge < -0.3 is 29.5 Å². The molecule has 1 aliphatic rings. The maximum absolute atomic E-state index is 11.4. The van der Waals surface area contributed by atoms with Crippen LogP contribution in [-0.4, -0.2) is 81.9 Å². The van der Waals surface area contributed by atoms with E-state index < -0.39 is 6.10 Å². The van der Waals surface area contributed by atoms with Crippen molar-refractivity contribution < 1.29 is 34.3 Å². The molecule has 1 fully saturated rings. The normalized spacial score (nSPS) is 22.0. The Morgan fingerprint density at radius 3 is 2.38 bits per heavy atom. The van der Waals surface area contributed by atoms with Gasteiger partial charge in [-0.1, -0.05) is 0 Å². The number of hydrogen-bond donors (Lipinski definition) is 4. The first kappa shape index (κ1) is 18.7. The number of rotatable bonds is 8. The topological polar surface area (TPSA) is 84.9 Å². The number of nitrogens with one attached hydrogen (secondary N) is 2. The van der Waals surface area contributed by atoms with Crippen LogP contribution in [0.5, 0.6) is 5.75 Å². The van der Waals surface area contributed by atoms with Gasteiger partial charge in [-0.3, -0.25) is 0 Å². The molecule has 24 heavy (non-hydrogen) atoms. The molecular formula is C17H28N2O5+2. The highest BCUT2D eigenvalue weighted by molar-refractivity contribution is 5.89. The zero-order chi connectivity index (χ0) is 17.4. The van der Waals surface area contributed by atoms with E-state index in [2.05, 4.69) is 4.74 Å². The molecule has 0 radical (unpaired) electrons. The molecule has 0 aliphatic carbocycles. The number of aliphatic hydroxyl groups excluding tert-OH is 2. The number of aliphatic hydroxyl groups is 2. The molecule has 7 nitrogen and oxygen atoms in total. The average molecular weight is 340 g/mol. The summed E-state index contributed by atoms with van der Waals surface area (Å²) >= 11 is 0. The second-order valence-electron chi connectivity index (χ2n) is 6.16. The van der Waals surface area contributed by atoms with Gasteiger partial charge in [-0.25, -0.2) is 4.79 Å². The first-order valence-corrected chi connectivity index (χ1v) is 8.39. The van der Waals surface area contributed by atoms with Gasteiger partial charge in [0.1, 0.15) is 57.7 Å². The zero-order valence-electron chi connectivity index (χ0n) is 14.2. The van der Waals surface area contributed by atoms with Crippen LogP contribution in [0, 0.1) is 0 Å². The van der Waals surface area contributed by atoms with Gasteiger partial charge in [-0.2, -0.15) is 0 Å². The van der Waals surface area contributed by atoms with E-state index in [0.29, 0.717) is 17.9 Å². The molecule has 1 saturated heterocycles. The van der Waals surface area contributed by atoms with Crippen LogP contribution in [0.2, 0.25) is 0 Å². The minimum Gasteiger partial charge on any atom is -0.491 e. The number of hydrogen-bond acceptors (Lipinski definition) is 5. The Balaban J connectivity index is 1.69. The van der Waals surface area contributed by atoms with E-state index in [0.717, 1.165) is 32.7 Å². The summed E-state index contributed by atoms with van der Waals surface area (Å²) in [7, 11) is 1.34. The number of benzene rings is 1. The molecule has 1 aromatic rings. The SMILES string of the molecule is COC(=O)c1ccc(OC[C@H](O)C[NH+]2CC[NH+](CCO)CC2)cc1. The summed E-state index contributed by atoms with van der Waals surface area (Å²) in [4.78, 5) is 14.2. The van der Waals surface area contributed by atoms with Crippen LogP contribution in [-0.2, 0) is 4.74 Å². The average Bonchev–Trinajstić information content (AvgIpc) is 2.61. The van der Waals surface area contributed by atoms with E-state index in [1.165, 1.54) is 16.9 Å². The lowest BCUT2D eigenvalue weighted by molar-refractivity contribution is -1.01. The van der Waals surface area contributed by atoms with Crippen LogP contribution in [0.4, 0.5) is 0 Å². The van der Waals surface area contributed by atoms with E-state index in [-0.39, 0.29) is 19.2 Å². The van der Waals surface area contributed by atoms with Crippen LogP contribution in [0.15, 0.2) is 24.3 Å². The molecule has 7 heteroatoms. The number of esters is 1. The van der Waals surface area contributed by atoms with E-state index in [9.17, 15) is 9.90 Å². The van der Waals surface area contributed by atoms with Gasteiger partial charge in [-0.05, 0) is 24.3 Å². The van der Waals surface area contributed by atoms with E-state index >= 15 is 0 Å². The minimum absolute atomic E-state index is 0.230. The summed E-state index contributed by atoms with van der Waals surface area (Å²) in [5, 5.41) is 19.1. The highest BCUT2D eigenvalue weighted by Gasteiger charge is 2.24. The number of carbonyl (C=O) groups excluding carboxylic acids is 1. The summed E-state index contributed by atoms with van der Waals surface area (Å²) in [6.07, 6.45) is -0.528. The van der Waals surface area contributed by atoms with Gasteiger partial charge in [0.05, 0.1) is 19.3 Å². The lowest BCUT2D eigenvalue weighted by atomic mass is 10.2. The number of carbonyl (C=O) groups is 1. The van der Waals surface area contributed by atoms with Crippen LogP contribution < -0.4 is 14.5 Å². The predicted molar refractivity (Wildman–Crippen MR) is 87.5 cm³/mol. The molecule has 0 saturated carbocycles. The molecule has 0 spiro atoms. The van der Waals surface area contributed by atoms with Gasteiger partial charge in [0.25, 0.3) is 0 Å². The molecule has 4 N–H and O–H groups in total. The molecule has 1 aromatic carbocycles. The lowest BCUT2D eigenvalue weighted by Gasteiger charge is -2.30. The quantitative estimate of drug-likeness (QED) is 0.379. The molecule has 1 heterocycles. The molecule has 2 rings (SSSR count). The Kier molecular flexibility index (Phi) is 7.45. The van der Waals surface area contributed by atoms with Gasteiger partial charge in [-0.15, -0.1) is 0 Å². The molecule has 0 aromatic heterocycles. The van der Waals surface area contributed by atoms with Crippen LogP contribution in [0.3, 0.4) is 0 Å². The molecule has 0 unspecified atom stereocenters. The zero-order valence-corrected chi connectivity index (χ0v) is 14.2. The van der Waals surface area contributed by atoms with Crippen molar-refractivity contribution in [1.82, 2.24) is 0 Å². The van der Waals surface area contributed by atoms with Crippen molar-refractivity contribution in [3.05, 3.63) is 29.8 Å². The number of methoxy groups -OCH3 is 1. The van der Waals surface area contributed by atoms with Crippen molar-refractivity contribution in [2.75, 3.05) is 59.6 Å². The maximum atomic E-state index is 11.4. The number of ether oxygens (including phenoxy) is 2. The number of piperazine rings is 1. The predicted octanol–water partition coefficient (Wildman–Crippen LogP) is -3.01. The highest BCUT2D eigenvalue weighted by atomic mass is 16.5. The fourth-order valence-electron chi connectivity index (χ4n) is 2.96. The Morgan fingerprint density at radius 1 is 1.17 bits per heavy atom. The molecular weight excluding hydrogens is 312 g/mol. The third-order valence-electron chi connectivity index (χ3n) is 4.37. The molecule has 134 valence electrons. The lowest BCUT2D eigenvalue weighted by Crippen LogP contribution is -3.28.